The number of hydrogen-bond acceptors (Lipinski definition) is 3. The second-order valence-electron chi connectivity index (χ2n) is 5.04. The van der Waals surface area contributed by atoms with Crippen LogP contribution >= 0.6 is 23.4 Å². The Morgan fingerprint density at radius 3 is 2.33 bits per heavy atom. The predicted octanol–water partition coefficient (Wildman–Crippen LogP) is 4.52. The maximum atomic E-state index is 13.2. The molecule has 2 aromatic carbocycles. The standard InChI is InChI=1S/C18H13ClFNO2S/c1-2-24-16-15(11-7-9-12(20)10-8-11)17(22)21(18(16)23)14-6-4-3-5-13(14)19/h3-10H,2H2,1H3. The molecule has 2 amide bonds. The number of anilines is 1. The number of carbonyl (C=O) groups is 2. The summed E-state index contributed by atoms with van der Waals surface area (Å²) in [5.41, 5.74) is 1.15. The third-order valence-electron chi connectivity index (χ3n) is 3.56. The molecule has 1 aliphatic rings. The fraction of sp³-hybridized carbons (Fsp3) is 0.111. The van der Waals surface area contributed by atoms with Crippen LogP contribution < -0.4 is 4.90 Å². The SMILES string of the molecule is CCSC1=C(c2ccc(F)cc2)C(=O)N(c2ccccc2Cl)C1=O. The molecule has 24 heavy (non-hydrogen) atoms. The summed E-state index contributed by atoms with van der Waals surface area (Å²) in [6, 6.07) is 12.2. The summed E-state index contributed by atoms with van der Waals surface area (Å²) in [5, 5.41) is 0.320. The van der Waals surface area contributed by atoms with E-state index in [2.05, 4.69) is 0 Å². The second-order valence-corrected chi connectivity index (χ2v) is 6.72. The minimum absolute atomic E-state index is 0.284. The lowest BCUT2D eigenvalue weighted by Crippen LogP contribution is -2.31. The minimum atomic E-state index is -0.448. The van der Waals surface area contributed by atoms with E-state index in [1.807, 2.05) is 6.92 Å². The van der Waals surface area contributed by atoms with Crippen LogP contribution in [0.2, 0.25) is 5.02 Å². The summed E-state index contributed by atoms with van der Waals surface area (Å²) in [6.07, 6.45) is 0. The van der Waals surface area contributed by atoms with E-state index in [1.54, 1.807) is 24.3 Å². The number of amides is 2. The van der Waals surface area contributed by atoms with Gasteiger partial charge in [0.25, 0.3) is 11.8 Å². The lowest BCUT2D eigenvalue weighted by atomic mass is 10.1. The van der Waals surface area contributed by atoms with E-state index in [0.717, 1.165) is 4.90 Å². The molecule has 0 saturated heterocycles. The Kier molecular flexibility index (Phi) is 4.73. The zero-order chi connectivity index (χ0) is 17.3. The fourth-order valence-electron chi connectivity index (χ4n) is 2.51. The smallest absolute Gasteiger partial charge is 0.268 e. The van der Waals surface area contributed by atoms with E-state index < -0.39 is 17.6 Å². The Balaban J connectivity index is 2.12. The highest BCUT2D eigenvalue weighted by atomic mass is 35.5. The van der Waals surface area contributed by atoms with Crippen molar-refractivity contribution in [2.24, 2.45) is 0 Å². The molecule has 0 N–H and O–H groups in total. The molecule has 1 aliphatic heterocycles. The van der Waals surface area contributed by atoms with Crippen LogP contribution in [0.4, 0.5) is 10.1 Å². The Morgan fingerprint density at radius 1 is 1.04 bits per heavy atom. The van der Waals surface area contributed by atoms with Crippen LogP contribution in [0.25, 0.3) is 5.57 Å². The second kappa shape index (κ2) is 6.79. The van der Waals surface area contributed by atoms with Gasteiger partial charge in [-0.25, -0.2) is 9.29 Å². The molecule has 0 aliphatic carbocycles. The summed E-state index contributed by atoms with van der Waals surface area (Å²) in [4.78, 5) is 27.2. The molecule has 0 saturated carbocycles. The normalized spacial score (nSPS) is 14.7. The van der Waals surface area contributed by atoms with Crippen molar-refractivity contribution in [2.45, 2.75) is 6.92 Å². The fourth-order valence-corrected chi connectivity index (χ4v) is 3.58. The Hall–Kier alpha value is -2.11. The van der Waals surface area contributed by atoms with Gasteiger partial charge in [0, 0.05) is 0 Å². The van der Waals surface area contributed by atoms with Crippen LogP contribution in [0.1, 0.15) is 12.5 Å². The lowest BCUT2D eigenvalue weighted by Gasteiger charge is -2.16. The van der Waals surface area contributed by atoms with Crippen molar-refractivity contribution < 1.29 is 14.0 Å². The Bertz CT molecular complexity index is 848. The van der Waals surface area contributed by atoms with E-state index in [9.17, 15) is 14.0 Å². The molecular formula is C18H13ClFNO2S. The first-order chi connectivity index (χ1) is 11.5. The first kappa shape index (κ1) is 16.7. The van der Waals surface area contributed by atoms with Crippen molar-refractivity contribution in [2.75, 3.05) is 10.7 Å². The average molecular weight is 362 g/mol. The van der Waals surface area contributed by atoms with Crippen LogP contribution in [-0.4, -0.2) is 17.6 Å². The van der Waals surface area contributed by atoms with Crippen LogP contribution in [0.3, 0.4) is 0 Å². The number of carbonyl (C=O) groups excluding carboxylic acids is 2. The molecule has 0 aromatic heterocycles. The Labute approximate surface area is 148 Å². The van der Waals surface area contributed by atoms with Crippen molar-refractivity contribution in [1.29, 1.82) is 0 Å². The molecule has 1 heterocycles. The number of halogens is 2. The van der Waals surface area contributed by atoms with Crippen LogP contribution in [0.5, 0.6) is 0 Å². The molecule has 122 valence electrons. The quantitative estimate of drug-likeness (QED) is 0.751. The predicted molar refractivity (Wildman–Crippen MR) is 95.4 cm³/mol. The van der Waals surface area contributed by atoms with Gasteiger partial charge in [-0.15, -0.1) is 11.8 Å². The summed E-state index contributed by atoms with van der Waals surface area (Å²) < 4.78 is 13.2. The molecule has 0 fully saturated rings. The molecule has 0 bridgehead atoms. The first-order valence-electron chi connectivity index (χ1n) is 7.31. The molecule has 3 rings (SSSR count). The van der Waals surface area contributed by atoms with Crippen molar-refractivity contribution in [3.8, 4) is 0 Å². The highest BCUT2D eigenvalue weighted by molar-refractivity contribution is 8.04. The number of imide groups is 1. The first-order valence-corrected chi connectivity index (χ1v) is 8.67. The van der Waals surface area contributed by atoms with E-state index in [4.69, 9.17) is 11.6 Å². The third-order valence-corrected chi connectivity index (χ3v) is 4.83. The van der Waals surface area contributed by atoms with Gasteiger partial charge in [-0.2, -0.15) is 0 Å². The van der Waals surface area contributed by atoms with Gasteiger partial charge in [0.15, 0.2) is 0 Å². The van der Waals surface area contributed by atoms with Gasteiger partial charge in [-0.1, -0.05) is 42.8 Å². The van der Waals surface area contributed by atoms with Gasteiger partial charge in [-0.05, 0) is 35.6 Å². The number of rotatable bonds is 4. The van der Waals surface area contributed by atoms with Crippen molar-refractivity contribution >= 4 is 46.4 Å². The van der Waals surface area contributed by atoms with E-state index in [-0.39, 0.29) is 5.57 Å². The van der Waals surface area contributed by atoms with Gasteiger partial charge in [0.2, 0.25) is 0 Å². The van der Waals surface area contributed by atoms with Crippen molar-refractivity contribution in [3.63, 3.8) is 0 Å². The maximum absolute atomic E-state index is 13.2. The molecule has 2 aromatic rings. The van der Waals surface area contributed by atoms with Gasteiger partial charge in [0.05, 0.1) is 21.2 Å². The summed E-state index contributed by atoms with van der Waals surface area (Å²) in [5.74, 6) is -0.617. The van der Waals surface area contributed by atoms with Crippen molar-refractivity contribution in [1.82, 2.24) is 0 Å². The molecule has 0 spiro atoms. The number of hydrogen-bond donors (Lipinski definition) is 0. The summed E-state index contributed by atoms with van der Waals surface area (Å²) >= 11 is 7.45. The number of benzene rings is 2. The van der Waals surface area contributed by atoms with Crippen LogP contribution in [0.15, 0.2) is 53.4 Å². The largest absolute Gasteiger partial charge is 0.272 e. The maximum Gasteiger partial charge on any atom is 0.272 e. The monoisotopic (exact) mass is 361 g/mol. The van der Waals surface area contributed by atoms with E-state index in [1.165, 1.54) is 36.0 Å². The third kappa shape index (κ3) is 2.85. The van der Waals surface area contributed by atoms with Crippen LogP contribution in [-0.2, 0) is 9.59 Å². The van der Waals surface area contributed by atoms with E-state index in [0.29, 0.717) is 26.9 Å². The van der Waals surface area contributed by atoms with Gasteiger partial charge < -0.3 is 0 Å². The minimum Gasteiger partial charge on any atom is -0.268 e. The van der Waals surface area contributed by atoms with E-state index >= 15 is 0 Å². The zero-order valence-corrected chi connectivity index (χ0v) is 14.3. The lowest BCUT2D eigenvalue weighted by molar-refractivity contribution is -0.119. The molecule has 0 atom stereocenters. The van der Waals surface area contributed by atoms with Gasteiger partial charge in [-0.3, -0.25) is 9.59 Å². The molecule has 0 unspecified atom stereocenters. The van der Waals surface area contributed by atoms with Gasteiger partial charge >= 0.3 is 0 Å². The number of thioether (sulfide) groups is 1. The molecular weight excluding hydrogens is 349 g/mol. The molecule has 0 radical (unpaired) electrons. The topological polar surface area (TPSA) is 37.4 Å². The molecule has 3 nitrogen and oxygen atoms in total. The zero-order valence-electron chi connectivity index (χ0n) is 12.8. The number of nitrogens with zero attached hydrogens (tertiary/aromatic N) is 1. The highest BCUT2D eigenvalue weighted by Gasteiger charge is 2.40. The molecule has 6 heteroatoms. The number of para-hydroxylation sites is 1. The van der Waals surface area contributed by atoms with Crippen molar-refractivity contribution in [3.05, 3.63) is 69.8 Å². The van der Waals surface area contributed by atoms with Crippen LogP contribution in [0, 0.1) is 5.82 Å². The summed E-state index contributed by atoms with van der Waals surface area (Å²) in [7, 11) is 0. The highest BCUT2D eigenvalue weighted by Crippen LogP contribution is 2.40. The van der Waals surface area contributed by atoms with Gasteiger partial charge in [0.1, 0.15) is 5.82 Å². The summed E-state index contributed by atoms with van der Waals surface area (Å²) in [6.45, 7) is 1.90. The Morgan fingerprint density at radius 2 is 1.71 bits per heavy atom. The average Bonchev–Trinajstić information content (AvgIpc) is 2.81.